The first-order valence-corrected chi connectivity index (χ1v) is 11.0. The molecule has 1 heteroatoms. The zero-order valence-electron chi connectivity index (χ0n) is 17.2. The molecule has 0 radical (unpaired) electrons. The third-order valence-electron chi connectivity index (χ3n) is 6.39. The van der Waals surface area contributed by atoms with Crippen LogP contribution in [-0.2, 0) is 11.2 Å². The van der Waals surface area contributed by atoms with E-state index in [0.29, 0.717) is 0 Å². The second kappa shape index (κ2) is 10.7. The fourth-order valence-electron chi connectivity index (χ4n) is 4.61. The van der Waals surface area contributed by atoms with Crippen LogP contribution in [0.2, 0.25) is 0 Å². The Morgan fingerprint density at radius 1 is 0.889 bits per heavy atom. The van der Waals surface area contributed by atoms with E-state index in [1.54, 1.807) is 5.56 Å². The van der Waals surface area contributed by atoms with Crippen LogP contribution in [0.15, 0.2) is 54.6 Å². The summed E-state index contributed by atoms with van der Waals surface area (Å²) in [5.41, 5.74) is 4.16. The first-order valence-electron chi connectivity index (χ1n) is 11.0. The molecule has 1 nitrogen and oxygen atoms in total. The third kappa shape index (κ3) is 5.94. The lowest BCUT2D eigenvalue weighted by Gasteiger charge is -2.29. The Labute approximate surface area is 166 Å². The lowest BCUT2D eigenvalue weighted by molar-refractivity contribution is 0.104. The van der Waals surface area contributed by atoms with E-state index in [1.807, 2.05) is 7.11 Å². The molecular weight excluding hydrogens is 328 g/mol. The largest absolute Gasteiger partial charge is 0.376 e. The Morgan fingerprint density at radius 3 is 2.22 bits per heavy atom. The van der Waals surface area contributed by atoms with E-state index in [0.717, 1.165) is 18.3 Å². The lowest BCUT2D eigenvalue weighted by Crippen LogP contribution is -2.13. The molecule has 1 aliphatic rings. The monoisotopic (exact) mass is 364 g/mol. The van der Waals surface area contributed by atoms with Gasteiger partial charge < -0.3 is 4.74 Å². The maximum atomic E-state index is 5.74. The molecule has 0 N–H and O–H groups in total. The van der Waals surface area contributed by atoms with Crippen molar-refractivity contribution in [2.45, 2.75) is 76.7 Å². The Balaban J connectivity index is 1.52. The average Bonchev–Trinajstić information content (AvgIpc) is 2.74. The van der Waals surface area contributed by atoms with Crippen LogP contribution in [0, 0.1) is 5.92 Å². The number of unbranched alkanes of at least 4 members (excludes halogenated alkanes) is 2. The van der Waals surface area contributed by atoms with Gasteiger partial charge in [-0.3, -0.25) is 0 Å². The van der Waals surface area contributed by atoms with E-state index in [-0.39, 0.29) is 6.10 Å². The summed E-state index contributed by atoms with van der Waals surface area (Å²) in [6.07, 6.45) is 12.3. The smallest absolute Gasteiger partial charge is 0.0861 e. The Hall–Kier alpha value is -1.60. The van der Waals surface area contributed by atoms with Crippen molar-refractivity contribution in [1.29, 1.82) is 0 Å². The second-order valence-corrected chi connectivity index (χ2v) is 8.29. The average molecular weight is 365 g/mol. The molecule has 0 amide bonds. The van der Waals surface area contributed by atoms with E-state index in [9.17, 15) is 0 Å². The van der Waals surface area contributed by atoms with Crippen molar-refractivity contribution in [1.82, 2.24) is 0 Å². The van der Waals surface area contributed by atoms with Crippen molar-refractivity contribution in [3.8, 4) is 0 Å². The van der Waals surface area contributed by atoms with E-state index >= 15 is 0 Å². The maximum Gasteiger partial charge on any atom is 0.0861 e. The summed E-state index contributed by atoms with van der Waals surface area (Å²) in [5, 5.41) is 0. The minimum Gasteiger partial charge on any atom is -0.376 e. The van der Waals surface area contributed by atoms with Gasteiger partial charge >= 0.3 is 0 Å². The van der Waals surface area contributed by atoms with E-state index in [2.05, 4.69) is 61.5 Å². The molecular formula is C26H36O. The minimum absolute atomic E-state index is 0.135. The summed E-state index contributed by atoms with van der Waals surface area (Å²) in [7, 11) is 1.81. The number of rotatable bonds is 9. The summed E-state index contributed by atoms with van der Waals surface area (Å²) in [6.45, 7) is 2.30. The van der Waals surface area contributed by atoms with Gasteiger partial charge in [0, 0.05) is 13.5 Å². The molecule has 0 spiro atoms. The molecule has 0 bridgehead atoms. The number of ether oxygens (including phenoxy) is 1. The Bertz CT molecular complexity index is 638. The minimum atomic E-state index is 0.135. The number of hydrogen-bond acceptors (Lipinski definition) is 1. The topological polar surface area (TPSA) is 9.23 Å². The standard InChI is InChI=1S/C26H36O/c1-3-4-6-9-21-12-16-23(17-13-21)24-18-14-22(15-19-24)20-26(27-2)25-10-7-5-8-11-25/h5,7-8,10-11,14-15,18-19,21,23,26H,3-4,6,9,12-13,16-17,20H2,1-2H3. The van der Waals surface area contributed by atoms with Crippen LogP contribution in [0.1, 0.15) is 87.0 Å². The van der Waals surface area contributed by atoms with Crippen LogP contribution in [0.3, 0.4) is 0 Å². The van der Waals surface area contributed by atoms with E-state index < -0.39 is 0 Å². The van der Waals surface area contributed by atoms with Gasteiger partial charge in [-0.1, -0.05) is 87.2 Å². The molecule has 146 valence electrons. The Morgan fingerprint density at radius 2 is 1.59 bits per heavy atom. The van der Waals surface area contributed by atoms with E-state index in [4.69, 9.17) is 4.74 Å². The molecule has 1 fully saturated rings. The number of hydrogen-bond donors (Lipinski definition) is 0. The molecule has 27 heavy (non-hydrogen) atoms. The first-order chi connectivity index (χ1) is 13.3. The summed E-state index contributed by atoms with van der Waals surface area (Å²) in [5.74, 6) is 1.76. The van der Waals surface area contributed by atoms with Crippen molar-refractivity contribution in [2.75, 3.05) is 7.11 Å². The van der Waals surface area contributed by atoms with E-state index in [1.165, 1.54) is 62.5 Å². The van der Waals surface area contributed by atoms with Gasteiger partial charge in [0.25, 0.3) is 0 Å². The van der Waals surface area contributed by atoms with Gasteiger partial charge in [0.1, 0.15) is 0 Å². The van der Waals surface area contributed by atoms with Gasteiger partial charge in [-0.15, -0.1) is 0 Å². The highest BCUT2D eigenvalue weighted by molar-refractivity contribution is 5.28. The fourth-order valence-corrected chi connectivity index (χ4v) is 4.61. The van der Waals surface area contributed by atoms with Gasteiger partial charge in [0.15, 0.2) is 0 Å². The first kappa shape index (κ1) is 20.1. The van der Waals surface area contributed by atoms with Crippen molar-refractivity contribution in [3.05, 3.63) is 71.3 Å². The van der Waals surface area contributed by atoms with Gasteiger partial charge in [-0.25, -0.2) is 0 Å². The Kier molecular flexibility index (Phi) is 7.95. The molecule has 2 aromatic rings. The summed E-state index contributed by atoms with van der Waals surface area (Å²) in [4.78, 5) is 0. The number of benzene rings is 2. The molecule has 3 rings (SSSR count). The van der Waals surface area contributed by atoms with Crippen molar-refractivity contribution < 1.29 is 4.74 Å². The van der Waals surface area contributed by atoms with Crippen LogP contribution in [0.5, 0.6) is 0 Å². The second-order valence-electron chi connectivity index (χ2n) is 8.29. The van der Waals surface area contributed by atoms with Gasteiger partial charge in [-0.2, -0.15) is 0 Å². The molecule has 0 heterocycles. The van der Waals surface area contributed by atoms with Gasteiger partial charge in [0.05, 0.1) is 6.10 Å². The molecule has 0 aromatic heterocycles. The highest BCUT2D eigenvalue weighted by Gasteiger charge is 2.22. The molecule has 1 unspecified atom stereocenters. The van der Waals surface area contributed by atoms with Crippen LogP contribution in [0.4, 0.5) is 0 Å². The third-order valence-corrected chi connectivity index (χ3v) is 6.39. The molecule has 1 aliphatic carbocycles. The quantitative estimate of drug-likeness (QED) is 0.419. The SMILES string of the molecule is CCCCCC1CCC(c2ccc(CC(OC)c3ccccc3)cc2)CC1. The van der Waals surface area contributed by atoms with Crippen LogP contribution < -0.4 is 0 Å². The van der Waals surface area contributed by atoms with Crippen LogP contribution >= 0.6 is 0 Å². The summed E-state index contributed by atoms with van der Waals surface area (Å²) in [6, 6.07) is 19.9. The highest BCUT2D eigenvalue weighted by Crippen LogP contribution is 2.38. The predicted octanol–water partition coefficient (Wildman–Crippen LogP) is 7.47. The van der Waals surface area contributed by atoms with Crippen molar-refractivity contribution in [2.24, 2.45) is 5.92 Å². The van der Waals surface area contributed by atoms with Crippen molar-refractivity contribution in [3.63, 3.8) is 0 Å². The zero-order valence-corrected chi connectivity index (χ0v) is 17.2. The molecule has 2 aromatic carbocycles. The lowest BCUT2D eigenvalue weighted by atomic mass is 9.77. The zero-order chi connectivity index (χ0) is 18.9. The molecule has 0 saturated heterocycles. The molecule has 1 atom stereocenters. The molecule has 1 saturated carbocycles. The van der Waals surface area contributed by atoms with Gasteiger partial charge in [0.2, 0.25) is 0 Å². The molecule has 0 aliphatic heterocycles. The van der Waals surface area contributed by atoms with Gasteiger partial charge in [-0.05, 0) is 54.2 Å². The van der Waals surface area contributed by atoms with Crippen LogP contribution in [0.25, 0.3) is 0 Å². The highest BCUT2D eigenvalue weighted by atomic mass is 16.5. The van der Waals surface area contributed by atoms with Crippen LogP contribution in [-0.4, -0.2) is 7.11 Å². The predicted molar refractivity (Wildman–Crippen MR) is 115 cm³/mol. The fraction of sp³-hybridized carbons (Fsp3) is 0.538. The maximum absolute atomic E-state index is 5.74. The van der Waals surface area contributed by atoms with Crippen molar-refractivity contribution >= 4 is 0 Å². The summed E-state index contributed by atoms with van der Waals surface area (Å²) < 4.78 is 5.74. The summed E-state index contributed by atoms with van der Waals surface area (Å²) >= 11 is 0. The normalized spacial score (nSPS) is 21.1. The number of methoxy groups -OCH3 is 1.